The topological polar surface area (TPSA) is 71.0 Å². The summed E-state index contributed by atoms with van der Waals surface area (Å²) in [6.45, 7) is 5.90. The molecule has 5 nitrogen and oxygen atoms in total. The van der Waals surface area contributed by atoms with Crippen LogP contribution in [-0.2, 0) is 9.47 Å². The van der Waals surface area contributed by atoms with Crippen LogP contribution in [0.2, 0.25) is 0 Å². The van der Waals surface area contributed by atoms with E-state index in [0.29, 0.717) is 32.3 Å². The van der Waals surface area contributed by atoms with Crippen molar-refractivity contribution in [2.75, 3.05) is 40.1 Å². The molecule has 0 aromatic rings. The average Bonchev–Trinajstić information content (AvgIpc) is 2.23. The number of aliphatic hydroxyl groups excluding tert-OH is 2. The summed E-state index contributed by atoms with van der Waals surface area (Å²) in [5, 5.41) is 21.5. The molecule has 2 atom stereocenters. The Morgan fingerprint density at radius 2 is 1.88 bits per heavy atom. The summed E-state index contributed by atoms with van der Waals surface area (Å²) < 4.78 is 10.2. The molecule has 0 aromatic heterocycles. The van der Waals surface area contributed by atoms with Gasteiger partial charge in [0.15, 0.2) is 0 Å². The van der Waals surface area contributed by atoms with Crippen LogP contribution < -0.4 is 5.32 Å². The number of rotatable bonds is 10. The average molecular weight is 235 g/mol. The van der Waals surface area contributed by atoms with E-state index < -0.39 is 6.10 Å². The van der Waals surface area contributed by atoms with Gasteiger partial charge in [0, 0.05) is 20.3 Å². The molecule has 0 aromatic carbocycles. The largest absolute Gasteiger partial charge is 0.395 e. The standard InChI is InChI=1S/C11H25NO4/c1-9(2)6-16-8-11(14)4-12-10(5-13)7-15-3/h9-14H,4-8H2,1-3H3. The van der Waals surface area contributed by atoms with Gasteiger partial charge >= 0.3 is 0 Å². The molecule has 0 fully saturated rings. The monoisotopic (exact) mass is 235 g/mol. The molecule has 98 valence electrons. The number of hydrogen-bond acceptors (Lipinski definition) is 5. The van der Waals surface area contributed by atoms with Crippen molar-refractivity contribution in [1.29, 1.82) is 0 Å². The van der Waals surface area contributed by atoms with Crippen LogP contribution in [0.3, 0.4) is 0 Å². The molecule has 5 heteroatoms. The Morgan fingerprint density at radius 3 is 2.38 bits per heavy atom. The highest BCUT2D eigenvalue weighted by Gasteiger charge is 2.10. The molecule has 2 unspecified atom stereocenters. The highest BCUT2D eigenvalue weighted by molar-refractivity contribution is 4.67. The first-order valence-electron chi connectivity index (χ1n) is 5.69. The minimum absolute atomic E-state index is 0.00654. The molecule has 0 rings (SSSR count). The smallest absolute Gasteiger partial charge is 0.0897 e. The van der Waals surface area contributed by atoms with Crippen LogP contribution in [0.15, 0.2) is 0 Å². The van der Waals surface area contributed by atoms with E-state index in [-0.39, 0.29) is 12.6 Å². The van der Waals surface area contributed by atoms with Gasteiger partial charge in [-0.2, -0.15) is 0 Å². The maximum absolute atomic E-state index is 9.56. The highest BCUT2D eigenvalue weighted by Crippen LogP contribution is 1.94. The highest BCUT2D eigenvalue weighted by atomic mass is 16.5. The number of aliphatic hydroxyl groups is 2. The first-order chi connectivity index (χ1) is 7.60. The minimum Gasteiger partial charge on any atom is -0.395 e. The zero-order chi connectivity index (χ0) is 12.4. The van der Waals surface area contributed by atoms with Gasteiger partial charge in [-0.25, -0.2) is 0 Å². The first kappa shape index (κ1) is 15.8. The van der Waals surface area contributed by atoms with Crippen molar-refractivity contribution < 1.29 is 19.7 Å². The Balaban J connectivity index is 3.50. The molecule has 16 heavy (non-hydrogen) atoms. The molecule has 0 aliphatic rings. The summed E-state index contributed by atoms with van der Waals surface area (Å²) in [5.41, 5.74) is 0. The van der Waals surface area contributed by atoms with Gasteiger partial charge in [0.2, 0.25) is 0 Å². The summed E-state index contributed by atoms with van der Waals surface area (Å²) in [4.78, 5) is 0. The zero-order valence-corrected chi connectivity index (χ0v) is 10.5. The normalized spacial score (nSPS) is 15.4. The molecule has 0 aliphatic heterocycles. The van der Waals surface area contributed by atoms with Gasteiger partial charge in [-0.3, -0.25) is 0 Å². The summed E-state index contributed by atoms with van der Waals surface area (Å²) in [6, 6.07) is -0.134. The Kier molecular flexibility index (Phi) is 9.86. The fourth-order valence-corrected chi connectivity index (χ4v) is 1.18. The molecule has 0 saturated carbocycles. The molecule has 0 radical (unpaired) electrons. The predicted molar refractivity (Wildman–Crippen MR) is 62.4 cm³/mol. The lowest BCUT2D eigenvalue weighted by Gasteiger charge is -2.18. The van der Waals surface area contributed by atoms with E-state index >= 15 is 0 Å². The lowest BCUT2D eigenvalue weighted by Crippen LogP contribution is -2.42. The third-order valence-corrected chi connectivity index (χ3v) is 1.99. The molecule has 0 aliphatic carbocycles. The van der Waals surface area contributed by atoms with E-state index in [1.165, 1.54) is 0 Å². The Bertz CT molecular complexity index is 155. The summed E-state index contributed by atoms with van der Waals surface area (Å²) >= 11 is 0. The molecule has 0 amide bonds. The van der Waals surface area contributed by atoms with Gasteiger partial charge in [-0.15, -0.1) is 0 Å². The van der Waals surface area contributed by atoms with Crippen LogP contribution in [0, 0.1) is 5.92 Å². The minimum atomic E-state index is -0.551. The molecule has 0 spiro atoms. The lowest BCUT2D eigenvalue weighted by molar-refractivity contribution is 0.0217. The lowest BCUT2D eigenvalue weighted by atomic mass is 10.2. The first-order valence-corrected chi connectivity index (χ1v) is 5.69. The van der Waals surface area contributed by atoms with Gasteiger partial charge in [0.25, 0.3) is 0 Å². The van der Waals surface area contributed by atoms with Crippen molar-refractivity contribution in [1.82, 2.24) is 5.32 Å². The molecule has 3 N–H and O–H groups in total. The predicted octanol–water partition coefficient (Wildman–Crippen LogP) is -0.383. The molecular formula is C11H25NO4. The van der Waals surface area contributed by atoms with Crippen LogP contribution in [0.1, 0.15) is 13.8 Å². The Morgan fingerprint density at radius 1 is 1.19 bits per heavy atom. The second kappa shape index (κ2) is 9.99. The third-order valence-electron chi connectivity index (χ3n) is 1.99. The number of hydrogen-bond donors (Lipinski definition) is 3. The summed E-state index contributed by atoms with van der Waals surface area (Å²) in [6.07, 6.45) is -0.551. The van der Waals surface area contributed by atoms with E-state index in [2.05, 4.69) is 19.2 Å². The van der Waals surface area contributed by atoms with E-state index in [9.17, 15) is 5.11 Å². The van der Waals surface area contributed by atoms with Crippen LogP contribution in [0.25, 0.3) is 0 Å². The van der Waals surface area contributed by atoms with Crippen molar-refractivity contribution >= 4 is 0 Å². The van der Waals surface area contributed by atoms with E-state index in [4.69, 9.17) is 14.6 Å². The van der Waals surface area contributed by atoms with Gasteiger partial charge < -0.3 is 25.0 Å². The number of nitrogens with one attached hydrogen (secondary N) is 1. The van der Waals surface area contributed by atoms with Crippen molar-refractivity contribution in [3.05, 3.63) is 0 Å². The second-order valence-electron chi connectivity index (χ2n) is 4.33. The van der Waals surface area contributed by atoms with Gasteiger partial charge in [-0.1, -0.05) is 13.8 Å². The maximum atomic E-state index is 9.56. The Labute approximate surface area is 97.8 Å². The van der Waals surface area contributed by atoms with Crippen LogP contribution in [0.4, 0.5) is 0 Å². The second-order valence-corrected chi connectivity index (χ2v) is 4.33. The van der Waals surface area contributed by atoms with Crippen molar-refractivity contribution in [3.63, 3.8) is 0 Å². The molecule has 0 saturated heterocycles. The van der Waals surface area contributed by atoms with E-state index in [1.54, 1.807) is 7.11 Å². The number of methoxy groups -OCH3 is 1. The summed E-state index contributed by atoms with van der Waals surface area (Å²) in [7, 11) is 1.58. The van der Waals surface area contributed by atoms with Crippen molar-refractivity contribution in [3.8, 4) is 0 Å². The zero-order valence-electron chi connectivity index (χ0n) is 10.5. The summed E-state index contributed by atoms with van der Waals surface area (Å²) in [5.74, 6) is 0.471. The van der Waals surface area contributed by atoms with Crippen LogP contribution >= 0.6 is 0 Å². The number of ether oxygens (including phenoxy) is 2. The fourth-order valence-electron chi connectivity index (χ4n) is 1.18. The van der Waals surface area contributed by atoms with E-state index in [1.807, 2.05) is 0 Å². The fraction of sp³-hybridized carbons (Fsp3) is 1.00. The Hall–Kier alpha value is -0.200. The van der Waals surface area contributed by atoms with Crippen molar-refractivity contribution in [2.45, 2.75) is 26.0 Å². The quantitative estimate of drug-likeness (QED) is 0.481. The SMILES string of the molecule is COCC(CO)NCC(O)COCC(C)C. The van der Waals surface area contributed by atoms with E-state index in [0.717, 1.165) is 0 Å². The van der Waals surface area contributed by atoms with Crippen molar-refractivity contribution in [2.24, 2.45) is 5.92 Å². The molecule has 0 heterocycles. The molecule has 0 bridgehead atoms. The molecular weight excluding hydrogens is 210 g/mol. The van der Waals surface area contributed by atoms with Gasteiger partial charge in [0.1, 0.15) is 0 Å². The van der Waals surface area contributed by atoms with Crippen LogP contribution in [-0.4, -0.2) is 62.4 Å². The van der Waals surface area contributed by atoms with Crippen LogP contribution in [0.5, 0.6) is 0 Å². The van der Waals surface area contributed by atoms with Gasteiger partial charge in [0.05, 0.1) is 32.0 Å². The van der Waals surface area contributed by atoms with Gasteiger partial charge in [-0.05, 0) is 5.92 Å². The maximum Gasteiger partial charge on any atom is 0.0897 e. The third kappa shape index (κ3) is 9.06.